The number of amides is 2. The van der Waals surface area contributed by atoms with Crippen LogP contribution in [0.4, 0.5) is 5.00 Å². The van der Waals surface area contributed by atoms with E-state index in [-0.39, 0.29) is 34.8 Å². The van der Waals surface area contributed by atoms with Gasteiger partial charge in [0.1, 0.15) is 10.8 Å². The second-order valence-corrected chi connectivity index (χ2v) is 8.15. The number of thiophene rings is 1. The first-order chi connectivity index (χ1) is 14.3. The Bertz CT molecular complexity index is 1090. The number of phenolic OH excluding ortho intramolecular Hbond substituents is 1. The summed E-state index contributed by atoms with van der Waals surface area (Å²) in [5, 5.41) is 33.7. The van der Waals surface area contributed by atoms with Crippen LogP contribution in [0.1, 0.15) is 36.7 Å². The predicted molar refractivity (Wildman–Crippen MR) is 105 cm³/mol. The number of carbonyl (C=O) groups is 4. The van der Waals surface area contributed by atoms with Crippen LogP contribution in [-0.2, 0) is 29.1 Å². The van der Waals surface area contributed by atoms with Crippen molar-refractivity contribution >= 4 is 40.1 Å². The SMILES string of the molecule is O=C(O)C(=O)Nc1sc2c(c1C(=O)O)CC(CN1Cc3c(O)cccc3C1=O)NC2. The maximum Gasteiger partial charge on any atom is 0.394 e. The molecule has 1 atom stereocenters. The van der Waals surface area contributed by atoms with Gasteiger partial charge >= 0.3 is 17.8 Å². The quantitative estimate of drug-likeness (QED) is 0.446. The minimum Gasteiger partial charge on any atom is -0.508 e. The number of phenols is 1. The van der Waals surface area contributed by atoms with Gasteiger partial charge in [0.25, 0.3) is 5.91 Å². The number of aromatic hydroxyl groups is 1. The van der Waals surface area contributed by atoms with Crippen LogP contribution in [0.3, 0.4) is 0 Å². The second-order valence-electron chi connectivity index (χ2n) is 7.04. The number of carbonyl (C=O) groups excluding carboxylic acids is 2. The average molecular weight is 431 g/mol. The summed E-state index contributed by atoms with van der Waals surface area (Å²) in [5.41, 5.74) is 1.42. The van der Waals surface area contributed by atoms with E-state index in [1.165, 1.54) is 6.07 Å². The third-order valence-corrected chi connectivity index (χ3v) is 6.33. The van der Waals surface area contributed by atoms with E-state index >= 15 is 0 Å². The molecule has 0 saturated carbocycles. The van der Waals surface area contributed by atoms with Gasteiger partial charge in [-0.1, -0.05) is 6.07 Å². The molecule has 2 aromatic rings. The molecule has 0 spiro atoms. The zero-order valence-electron chi connectivity index (χ0n) is 15.5. The Hall–Kier alpha value is -3.44. The molecule has 4 rings (SSSR count). The summed E-state index contributed by atoms with van der Waals surface area (Å²) in [6.07, 6.45) is 0.294. The van der Waals surface area contributed by atoms with Crippen molar-refractivity contribution in [2.45, 2.75) is 25.6 Å². The summed E-state index contributed by atoms with van der Waals surface area (Å²) < 4.78 is 0. The lowest BCUT2D eigenvalue weighted by Crippen LogP contribution is -2.44. The topological polar surface area (TPSA) is 156 Å². The molecule has 0 radical (unpaired) electrons. The molecule has 30 heavy (non-hydrogen) atoms. The van der Waals surface area contributed by atoms with Crippen LogP contribution in [0.25, 0.3) is 0 Å². The molecule has 3 heterocycles. The highest BCUT2D eigenvalue weighted by Crippen LogP contribution is 2.37. The van der Waals surface area contributed by atoms with Gasteiger partial charge in [0.05, 0.1) is 12.1 Å². The Labute approximate surface area is 173 Å². The fourth-order valence-electron chi connectivity index (χ4n) is 3.81. The molecule has 10 nitrogen and oxygen atoms in total. The van der Waals surface area contributed by atoms with Crippen molar-refractivity contribution in [2.75, 3.05) is 11.9 Å². The monoisotopic (exact) mass is 431 g/mol. The molecule has 0 aliphatic carbocycles. The molecule has 0 saturated heterocycles. The summed E-state index contributed by atoms with van der Waals surface area (Å²) in [4.78, 5) is 49.0. The molecule has 0 fully saturated rings. The standard InChI is InChI=1S/C19H17N3O7S/c23-12-3-1-2-9-11(12)7-22(17(9)25)6-8-4-10-13(5-20-8)30-16(14(10)18(26)27)21-15(24)19(28)29/h1-3,8,20,23H,4-7H2,(H,21,24)(H,26,27)(H,28,29). The van der Waals surface area contributed by atoms with Crippen molar-refractivity contribution in [1.29, 1.82) is 0 Å². The largest absolute Gasteiger partial charge is 0.508 e. The summed E-state index contributed by atoms with van der Waals surface area (Å²) >= 11 is 1.02. The molecular weight excluding hydrogens is 414 g/mol. The number of nitrogens with zero attached hydrogens (tertiary/aromatic N) is 1. The number of rotatable bonds is 4. The molecule has 2 amide bonds. The number of carboxylic acids is 2. The van der Waals surface area contributed by atoms with Gasteiger partial charge in [-0.2, -0.15) is 0 Å². The van der Waals surface area contributed by atoms with E-state index in [0.29, 0.717) is 41.1 Å². The van der Waals surface area contributed by atoms with Crippen molar-refractivity contribution in [3.8, 4) is 5.75 Å². The van der Waals surface area contributed by atoms with Crippen molar-refractivity contribution < 1.29 is 34.5 Å². The van der Waals surface area contributed by atoms with Crippen LogP contribution in [0.2, 0.25) is 0 Å². The molecular formula is C19H17N3O7S. The van der Waals surface area contributed by atoms with Gasteiger partial charge in [0.2, 0.25) is 0 Å². The predicted octanol–water partition coefficient (Wildman–Crippen LogP) is 0.845. The van der Waals surface area contributed by atoms with Crippen molar-refractivity contribution in [1.82, 2.24) is 10.2 Å². The lowest BCUT2D eigenvalue weighted by Gasteiger charge is -2.28. The Balaban J connectivity index is 1.54. The van der Waals surface area contributed by atoms with E-state index in [0.717, 1.165) is 11.3 Å². The minimum absolute atomic E-state index is 0.0167. The smallest absolute Gasteiger partial charge is 0.394 e. The number of fused-ring (bicyclic) bond motifs is 2. The third-order valence-electron chi connectivity index (χ3n) is 5.19. The van der Waals surface area contributed by atoms with Crippen LogP contribution in [0, 0.1) is 0 Å². The Morgan fingerprint density at radius 1 is 1.23 bits per heavy atom. The number of aliphatic carboxylic acids is 1. The van der Waals surface area contributed by atoms with Crippen LogP contribution < -0.4 is 10.6 Å². The van der Waals surface area contributed by atoms with Gasteiger partial charge in [-0.25, -0.2) is 9.59 Å². The molecule has 1 unspecified atom stereocenters. The van der Waals surface area contributed by atoms with Crippen molar-refractivity contribution in [2.24, 2.45) is 0 Å². The Kier molecular flexibility index (Phi) is 4.92. The van der Waals surface area contributed by atoms with Crippen LogP contribution >= 0.6 is 11.3 Å². The maximum atomic E-state index is 12.6. The van der Waals surface area contributed by atoms with Crippen LogP contribution in [0.5, 0.6) is 5.75 Å². The normalized spacial score (nSPS) is 17.4. The number of anilines is 1. The molecule has 11 heteroatoms. The molecule has 5 N–H and O–H groups in total. The van der Waals surface area contributed by atoms with Crippen molar-refractivity contribution in [3.05, 3.63) is 45.3 Å². The van der Waals surface area contributed by atoms with Gasteiger partial charge in [0, 0.05) is 35.1 Å². The lowest BCUT2D eigenvalue weighted by molar-refractivity contribution is -0.147. The van der Waals surface area contributed by atoms with Gasteiger partial charge < -0.3 is 30.9 Å². The summed E-state index contributed by atoms with van der Waals surface area (Å²) in [6, 6.07) is 4.55. The first-order valence-electron chi connectivity index (χ1n) is 9.02. The lowest BCUT2D eigenvalue weighted by atomic mass is 9.97. The molecule has 0 bridgehead atoms. The molecule has 1 aromatic heterocycles. The highest BCUT2D eigenvalue weighted by Gasteiger charge is 2.34. The molecule has 1 aromatic carbocycles. The molecule has 2 aliphatic rings. The second kappa shape index (κ2) is 7.43. The minimum atomic E-state index is -1.70. The fraction of sp³-hybridized carbons (Fsp3) is 0.263. The van der Waals surface area contributed by atoms with Gasteiger partial charge in [-0.3, -0.25) is 9.59 Å². The number of carboxylic acid groups (broad SMARTS) is 2. The van der Waals surface area contributed by atoms with Crippen LogP contribution in [-0.4, -0.2) is 56.6 Å². The van der Waals surface area contributed by atoms with Gasteiger partial charge in [-0.15, -0.1) is 11.3 Å². The van der Waals surface area contributed by atoms with E-state index in [2.05, 4.69) is 10.6 Å². The van der Waals surface area contributed by atoms with E-state index in [1.54, 1.807) is 17.0 Å². The Morgan fingerprint density at radius 2 is 2.00 bits per heavy atom. The van der Waals surface area contributed by atoms with E-state index in [9.17, 15) is 29.4 Å². The maximum absolute atomic E-state index is 12.6. The third kappa shape index (κ3) is 3.37. The fourth-order valence-corrected chi connectivity index (χ4v) is 4.98. The van der Waals surface area contributed by atoms with Gasteiger partial charge in [-0.05, 0) is 24.1 Å². The van der Waals surface area contributed by atoms with Gasteiger partial charge in [0.15, 0.2) is 0 Å². The summed E-state index contributed by atoms with van der Waals surface area (Å²) in [5.74, 6) is -4.41. The van der Waals surface area contributed by atoms with E-state index < -0.39 is 17.8 Å². The number of hydrogen-bond donors (Lipinski definition) is 5. The molecule has 2 aliphatic heterocycles. The van der Waals surface area contributed by atoms with Crippen LogP contribution in [0.15, 0.2) is 18.2 Å². The number of nitrogens with one attached hydrogen (secondary N) is 2. The average Bonchev–Trinajstić information content (AvgIpc) is 3.20. The van der Waals surface area contributed by atoms with E-state index in [4.69, 9.17) is 5.11 Å². The highest BCUT2D eigenvalue weighted by atomic mass is 32.1. The first kappa shape index (κ1) is 19.9. The number of benzene rings is 1. The first-order valence-corrected chi connectivity index (χ1v) is 9.83. The number of hydrogen-bond acceptors (Lipinski definition) is 7. The summed E-state index contributed by atoms with van der Waals surface area (Å²) in [6.45, 7) is 0.896. The number of aromatic carboxylic acids is 1. The highest BCUT2D eigenvalue weighted by molar-refractivity contribution is 7.17. The zero-order chi connectivity index (χ0) is 21.6. The van der Waals surface area contributed by atoms with E-state index in [1.807, 2.05) is 0 Å². The zero-order valence-corrected chi connectivity index (χ0v) is 16.3. The molecule has 156 valence electrons. The summed E-state index contributed by atoms with van der Waals surface area (Å²) in [7, 11) is 0. The van der Waals surface area contributed by atoms with Crippen molar-refractivity contribution in [3.63, 3.8) is 0 Å². The Morgan fingerprint density at radius 3 is 2.67 bits per heavy atom.